The average Bonchev–Trinajstić information content (AvgIpc) is 2.90. The number of carbonyl (C=O) groups is 1. The minimum atomic E-state index is -0.435. The lowest BCUT2D eigenvalue weighted by Crippen LogP contribution is -2.21. The third-order valence-electron chi connectivity index (χ3n) is 3.18. The standard InChI is InChI=1S/C15H16N4O3S/c1-9-4-5-12(6-14(9)19(21)22)10(2)17-18-15(20)7-13-8-23-11(3)16-13/h4-6,8H,7H2,1-3H3,(H,18,20). The Bertz CT molecular complexity index is 783. The molecular weight excluding hydrogens is 316 g/mol. The zero-order valence-corrected chi connectivity index (χ0v) is 13.8. The van der Waals surface area contributed by atoms with Crippen LogP contribution in [0.1, 0.15) is 28.8 Å². The molecule has 7 nitrogen and oxygen atoms in total. The summed E-state index contributed by atoms with van der Waals surface area (Å²) in [6, 6.07) is 4.84. The molecule has 1 aromatic carbocycles. The average molecular weight is 332 g/mol. The van der Waals surface area contributed by atoms with E-state index in [1.807, 2.05) is 12.3 Å². The normalized spacial score (nSPS) is 11.3. The van der Waals surface area contributed by atoms with Gasteiger partial charge in [-0.3, -0.25) is 14.9 Å². The summed E-state index contributed by atoms with van der Waals surface area (Å²) >= 11 is 1.48. The van der Waals surface area contributed by atoms with Gasteiger partial charge in [-0.1, -0.05) is 12.1 Å². The molecule has 0 atom stereocenters. The van der Waals surface area contributed by atoms with Gasteiger partial charge < -0.3 is 0 Å². The number of benzene rings is 1. The molecule has 0 spiro atoms. The minimum absolute atomic E-state index is 0.0290. The molecule has 0 saturated heterocycles. The smallest absolute Gasteiger partial charge is 0.272 e. The Balaban J connectivity index is 2.06. The van der Waals surface area contributed by atoms with E-state index in [0.717, 1.165) is 5.01 Å². The van der Waals surface area contributed by atoms with Crippen LogP contribution in [0.4, 0.5) is 5.69 Å². The van der Waals surface area contributed by atoms with Crippen molar-refractivity contribution in [3.63, 3.8) is 0 Å². The minimum Gasteiger partial charge on any atom is -0.273 e. The van der Waals surface area contributed by atoms with Crippen LogP contribution in [0.3, 0.4) is 0 Å². The third kappa shape index (κ3) is 4.43. The summed E-state index contributed by atoms with van der Waals surface area (Å²) in [4.78, 5) is 26.6. The Morgan fingerprint density at radius 1 is 1.43 bits per heavy atom. The van der Waals surface area contributed by atoms with E-state index in [-0.39, 0.29) is 18.0 Å². The predicted molar refractivity (Wildman–Crippen MR) is 88.7 cm³/mol. The Morgan fingerprint density at radius 2 is 2.17 bits per heavy atom. The monoisotopic (exact) mass is 332 g/mol. The van der Waals surface area contributed by atoms with E-state index >= 15 is 0 Å². The van der Waals surface area contributed by atoms with Crippen LogP contribution in [0.15, 0.2) is 28.7 Å². The fourth-order valence-electron chi connectivity index (χ4n) is 1.94. The van der Waals surface area contributed by atoms with Crippen molar-refractivity contribution in [2.75, 3.05) is 0 Å². The van der Waals surface area contributed by atoms with Gasteiger partial charge in [0, 0.05) is 22.6 Å². The first kappa shape index (κ1) is 16.8. The molecule has 0 aliphatic heterocycles. The number of rotatable bonds is 5. The van der Waals surface area contributed by atoms with Crippen LogP contribution in [0.5, 0.6) is 0 Å². The van der Waals surface area contributed by atoms with Crippen molar-refractivity contribution in [1.82, 2.24) is 10.4 Å². The first-order valence-electron chi connectivity index (χ1n) is 6.86. The Kier molecular flexibility index (Phi) is 5.17. The second kappa shape index (κ2) is 7.10. The van der Waals surface area contributed by atoms with E-state index in [9.17, 15) is 14.9 Å². The third-order valence-corrected chi connectivity index (χ3v) is 4.00. The molecule has 120 valence electrons. The van der Waals surface area contributed by atoms with Crippen molar-refractivity contribution < 1.29 is 9.72 Å². The predicted octanol–water partition coefficient (Wildman–Crippen LogP) is 2.75. The molecule has 0 aliphatic rings. The first-order chi connectivity index (χ1) is 10.9. The number of aryl methyl sites for hydroxylation is 2. The topological polar surface area (TPSA) is 97.5 Å². The lowest BCUT2D eigenvalue weighted by atomic mass is 10.1. The first-order valence-corrected chi connectivity index (χ1v) is 7.74. The lowest BCUT2D eigenvalue weighted by Gasteiger charge is -2.04. The second-order valence-electron chi connectivity index (χ2n) is 5.03. The zero-order valence-electron chi connectivity index (χ0n) is 13.0. The van der Waals surface area contributed by atoms with Crippen LogP contribution in [-0.4, -0.2) is 21.5 Å². The molecule has 0 unspecified atom stereocenters. The number of nitrogens with zero attached hydrogens (tertiary/aromatic N) is 3. The Labute approximate surface area is 137 Å². The largest absolute Gasteiger partial charge is 0.273 e. The highest BCUT2D eigenvalue weighted by Crippen LogP contribution is 2.19. The molecule has 1 N–H and O–H groups in total. The number of carbonyl (C=O) groups excluding carboxylic acids is 1. The van der Waals surface area contributed by atoms with Crippen molar-refractivity contribution in [2.24, 2.45) is 5.10 Å². The van der Waals surface area contributed by atoms with Crippen LogP contribution in [0.2, 0.25) is 0 Å². The molecule has 1 aromatic heterocycles. The van der Waals surface area contributed by atoms with Gasteiger partial charge >= 0.3 is 0 Å². The van der Waals surface area contributed by atoms with Gasteiger partial charge in [-0.2, -0.15) is 5.10 Å². The highest BCUT2D eigenvalue weighted by atomic mass is 32.1. The highest BCUT2D eigenvalue weighted by Gasteiger charge is 2.12. The Morgan fingerprint density at radius 3 is 2.78 bits per heavy atom. The zero-order chi connectivity index (χ0) is 17.0. The number of hydrogen-bond acceptors (Lipinski definition) is 6. The summed E-state index contributed by atoms with van der Waals surface area (Å²) in [6.07, 6.45) is 0.148. The maximum absolute atomic E-state index is 11.8. The molecule has 0 aliphatic carbocycles. The highest BCUT2D eigenvalue weighted by molar-refractivity contribution is 7.09. The molecule has 2 rings (SSSR count). The fourth-order valence-corrected chi connectivity index (χ4v) is 2.55. The summed E-state index contributed by atoms with van der Waals surface area (Å²) in [5.41, 5.74) is 4.84. The second-order valence-corrected chi connectivity index (χ2v) is 6.09. The van der Waals surface area contributed by atoms with Crippen LogP contribution in [0.25, 0.3) is 0 Å². The summed E-state index contributed by atoms with van der Waals surface area (Å²) in [6.45, 7) is 5.23. The van der Waals surface area contributed by atoms with Gasteiger partial charge in [0.05, 0.1) is 27.8 Å². The maximum Gasteiger partial charge on any atom is 0.272 e. The van der Waals surface area contributed by atoms with Gasteiger partial charge in [0.25, 0.3) is 5.69 Å². The molecule has 0 saturated carbocycles. The maximum atomic E-state index is 11.8. The number of amides is 1. The van der Waals surface area contributed by atoms with Gasteiger partial charge in [0.15, 0.2) is 0 Å². The van der Waals surface area contributed by atoms with Crippen molar-refractivity contribution in [1.29, 1.82) is 0 Å². The van der Waals surface area contributed by atoms with Crippen molar-refractivity contribution >= 4 is 28.6 Å². The summed E-state index contributed by atoms with van der Waals surface area (Å²) < 4.78 is 0. The number of nitrogens with one attached hydrogen (secondary N) is 1. The quantitative estimate of drug-likeness (QED) is 0.517. The number of thiazole rings is 1. The summed E-state index contributed by atoms with van der Waals surface area (Å²) in [7, 11) is 0. The van der Waals surface area contributed by atoms with Crippen LogP contribution in [0, 0.1) is 24.0 Å². The summed E-state index contributed by atoms with van der Waals surface area (Å²) in [5, 5.41) is 17.7. The van der Waals surface area contributed by atoms with Gasteiger partial charge in [-0.05, 0) is 20.8 Å². The number of hydrazone groups is 1. The molecule has 8 heteroatoms. The number of hydrogen-bond donors (Lipinski definition) is 1. The molecule has 23 heavy (non-hydrogen) atoms. The van der Waals surface area contributed by atoms with Crippen LogP contribution in [-0.2, 0) is 11.2 Å². The van der Waals surface area contributed by atoms with E-state index < -0.39 is 4.92 Å². The molecule has 0 bridgehead atoms. The number of nitro groups is 1. The molecule has 2 aromatic rings. The van der Waals surface area contributed by atoms with Gasteiger partial charge in [0.1, 0.15) is 0 Å². The number of nitro benzene ring substituents is 1. The van der Waals surface area contributed by atoms with Gasteiger partial charge in [-0.15, -0.1) is 11.3 Å². The molecule has 1 heterocycles. The van der Waals surface area contributed by atoms with E-state index in [2.05, 4.69) is 15.5 Å². The van der Waals surface area contributed by atoms with Gasteiger partial charge in [-0.25, -0.2) is 10.4 Å². The van der Waals surface area contributed by atoms with Crippen molar-refractivity contribution in [3.05, 3.63) is 55.5 Å². The van der Waals surface area contributed by atoms with Crippen molar-refractivity contribution in [3.8, 4) is 0 Å². The van der Waals surface area contributed by atoms with E-state index in [4.69, 9.17) is 0 Å². The molecule has 1 amide bonds. The van der Waals surface area contributed by atoms with Crippen molar-refractivity contribution in [2.45, 2.75) is 27.2 Å². The summed E-state index contributed by atoms with van der Waals surface area (Å²) in [5.74, 6) is -0.281. The van der Waals surface area contributed by atoms with Gasteiger partial charge in [0.2, 0.25) is 5.91 Å². The van der Waals surface area contributed by atoms with E-state index in [1.165, 1.54) is 17.4 Å². The Hall–Kier alpha value is -2.61. The fraction of sp³-hybridized carbons (Fsp3) is 0.267. The molecule has 0 fully saturated rings. The SMILES string of the molecule is CC(=NNC(=O)Cc1csc(C)n1)c1ccc(C)c([N+](=O)[O-])c1. The van der Waals surface area contributed by atoms with E-state index in [0.29, 0.717) is 22.5 Å². The molecule has 0 radical (unpaired) electrons. The lowest BCUT2D eigenvalue weighted by molar-refractivity contribution is -0.385. The molecular formula is C15H16N4O3S. The van der Waals surface area contributed by atoms with Crippen LogP contribution < -0.4 is 5.43 Å². The van der Waals surface area contributed by atoms with E-state index in [1.54, 1.807) is 26.0 Å². The number of aromatic nitrogens is 1. The van der Waals surface area contributed by atoms with Crippen LogP contribution >= 0.6 is 11.3 Å².